The lowest BCUT2D eigenvalue weighted by Crippen LogP contribution is -2.28. The van der Waals surface area contributed by atoms with Crippen molar-refractivity contribution in [2.75, 3.05) is 11.5 Å². The van der Waals surface area contributed by atoms with E-state index in [0.29, 0.717) is 23.0 Å². The number of hydrogen-bond acceptors (Lipinski definition) is 6. The monoisotopic (exact) mass is 612 g/mol. The molecule has 0 radical (unpaired) electrons. The molecule has 47 heavy (non-hydrogen) atoms. The average Bonchev–Trinajstić information content (AvgIpc) is 3.40. The fourth-order valence-corrected chi connectivity index (χ4v) is 6.45. The zero-order valence-corrected chi connectivity index (χ0v) is 25.1. The highest BCUT2D eigenvalue weighted by Gasteiger charge is 2.47. The number of aromatic hydroxyl groups is 2. The lowest BCUT2D eigenvalue weighted by molar-refractivity contribution is 0.466. The van der Waals surface area contributed by atoms with E-state index >= 15 is 0 Å². The van der Waals surface area contributed by atoms with Crippen LogP contribution in [-0.2, 0) is 5.41 Å². The van der Waals surface area contributed by atoms with Gasteiger partial charge in [0.1, 0.15) is 34.5 Å². The molecule has 0 heterocycles. The van der Waals surface area contributed by atoms with Crippen LogP contribution in [0.25, 0.3) is 11.1 Å². The molecule has 0 saturated heterocycles. The number of phenols is 2. The highest BCUT2D eigenvalue weighted by Crippen LogP contribution is 2.58. The van der Waals surface area contributed by atoms with Crippen molar-refractivity contribution in [2.24, 2.45) is 0 Å². The maximum absolute atomic E-state index is 9.82. The Morgan fingerprint density at radius 2 is 0.894 bits per heavy atom. The molecule has 6 heteroatoms. The largest absolute Gasteiger partial charge is 0.506 e. The summed E-state index contributed by atoms with van der Waals surface area (Å²) in [6, 6.07) is 37.2. The normalized spacial score (nSPS) is 12.3. The summed E-state index contributed by atoms with van der Waals surface area (Å²) in [6.45, 7) is 0. The smallest absolute Gasteiger partial charge is 0.138 e. The number of hydrogen-bond donors (Lipinski definition) is 4. The Morgan fingerprint density at radius 1 is 0.511 bits per heavy atom. The second-order valence-electron chi connectivity index (χ2n) is 11.2. The topological polar surface area (TPSA) is 111 Å². The van der Waals surface area contributed by atoms with Crippen molar-refractivity contribution in [1.29, 1.82) is 0 Å². The molecule has 1 aliphatic rings. The number of phenolic OH excluding ortho intramolecular Hbond substituents is 2. The maximum Gasteiger partial charge on any atom is 0.138 e. The molecule has 6 N–H and O–H groups in total. The highest BCUT2D eigenvalue weighted by atomic mass is 16.5. The number of anilines is 2. The lowest BCUT2D eigenvalue weighted by Gasteiger charge is -2.34. The molecule has 0 amide bonds. The van der Waals surface area contributed by atoms with Crippen molar-refractivity contribution in [3.05, 3.63) is 155 Å². The first kappa shape index (κ1) is 29.0. The predicted octanol–water partition coefficient (Wildman–Crippen LogP) is 8.17. The molecule has 0 atom stereocenters. The first-order chi connectivity index (χ1) is 22.8. The van der Waals surface area contributed by atoms with E-state index in [1.165, 1.54) is 12.1 Å². The van der Waals surface area contributed by atoms with Crippen LogP contribution >= 0.6 is 0 Å². The van der Waals surface area contributed by atoms with Crippen molar-refractivity contribution in [2.45, 2.75) is 5.41 Å². The summed E-state index contributed by atoms with van der Waals surface area (Å²) in [7, 11) is 0. The summed E-state index contributed by atoms with van der Waals surface area (Å²) in [5, 5.41) is 19.6. The molecule has 0 spiro atoms. The number of terminal acetylenes is 2. The number of nitrogen functional groups attached to an aromatic ring is 2. The van der Waals surface area contributed by atoms with Crippen LogP contribution in [0, 0.1) is 24.7 Å². The van der Waals surface area contributed by atoms with Crippen LogP contribution in [0.3, 0.4) is 0 Å². The fourth-order valence-electron chi connectivity index (χ4n) is 6.45. The molecular weight excluding hydrogens is 584 g/mol. The Hall–Kier alpha value is -6.76. The molecule has 226 valence electrons. The number of fused-ring (bicyclic) bond motifs is 3. The van der Waals surface area contributed by atoms with Gasteiger partial charge in [-0.3, -0.25) is 0 Å². The van der Waals surface area contributed by atoms with Crippen LogP contribution in [0.2, 0.25) is 0 Å². The van der Waals surface area contributed by atoms with Crippen LogP contribution in [0.4, 0.5) is 11.4 Å². The molecule has 0 bridgehead atoms. The van der Waals surface area contributed by atoms with Crippen LogP contribution in [0.15, 0.2) is 121 Å². The predicted molar refractivity (Wildman–Crippen MR) is 185 cm³/mol. The summed E-state index contributed by atoms with van der Waals surface area (Å²) < 4.78 is 12.2. The van der Waals surface area contributed by atoms with Gasteiger partial charge in [-0.25, -0.2) is 0 Å². The van der Waals surface area contributed by atoms with Crippen molar-refractivity contribution in [3.8, 4) is 70.3 Å². The quantitative estimate of drug-likeness (QED) is 0.0857. The maximum atomic E-state index is 9.82. The van der Waals surface area contributed by atoms with Crippen LogP contribution in [0.5, 0.6) is 34.5 Å². The van der Waals surface area contributed by atoms with E-state index in [4.69, 9.17) is 33.8 Å². The minimum absolute atomic E-state index is 0.00510. The molecule has 7 rings (SSSR count). The third-order valence-electron chi connectivity index (χ3n) is 8.54. The standard InChI is InChI=1S/C41H28N2O4/c1-3-25-7-5-9-33-39(25)40-26(4-2)8-6-10-34(40)41(33,27-11-15-29(16-12-27)46-31-19-21-37(44)35(42)23-31)28-13-17-30(18-14-28)47-32-20-22-38(45)36(43)24-32/h1-2,5-24,44-45H,42-43H2. The molecule has 0 aromatic heterocycles. The van der Waals surface area contributed by atoms with E-state index in [9.17, 15) is 10.2 Å². The van der Waals surface area contributed by atoms with E-state index in [0.717, 1.165) is 44.5 Å². The summed E-state index contributed by atoms with van der Waals surface area (Å²) in [5.74, 6) is 7.96. The van der Waals surface area contributed by atoms with Gasteiger partial charge in [-0.2, -0.15) is 0 Å². The minimum Gasteiger partial charge on any atom is -0.506 e. The molecular formula is C41H28N2O4. The van der Waals surface area contributed by atoms with Gasteiger partial charge in [0.15, 0.2) is 0 Å². The van der Waals surface area contributed by atoms with Gasteiger partial charge in [-0.05, 0) is 82.9 Å². The highest BCUT2D eigenvalue weighted by molar-refractivity contribution is 5.92. The van der Waals surface area contributed by atoms with Crippen molar-refractivity contribution < 1.29 is 19.7 Å². The number of benzene rings is 6. The molecule has 0 unspecified atom stereocenters. The van der Waals surface area contributed by atoms with Gasteiger partial charge >= 0.3 is 0 Å². The summed E-state index contributed by atoms with van der Waals surface area (Å²) in [4.78, 5) is 0. The number of ether oxygens (including phenoxy) is 2. The van der Waals surface area contributed by atoms with Crippen LogP contribution in [0.1, 0.15) is 33.4 Å². The number of rotatable bonds is 6. The summed E-state index contributed by atoms with van der Waals surface area (Å²) >= 11 is 0. The molecule has 0 fully saturated rings. The fraction of sp³-hybridized carbons (Fsp3) is 0.0244. The Labute approximate surface area is 272 Å². The van der Waals surface area contributed by atoms with Gasteiger partial charge in [-0.1, -0.05) is 60.4 Å². The first-order valence-corrected chi connectivity index (χ1v) is 14.8. The third kappa shape index (κ3) is 4.73. The Bertz CT molecular complexity index is 2100. The van der Waals surface area contributed by atoms with Gasteiger partial charge in [0.05, 0.1) is 16.8 Å². The van der Waals surface area contributed by atoms with Gasteiger partial charge in [-0.15, -0.1) is 12.8 Å². The van der Waals surface area contributed by atoms with Crippen molar-refractivity contribution in [3.63, 3.8) is 0 Å². The lowest BCUT2D eigenvalue weighted by atomic mass is 9.67. The second-order valence-corrected chi connectivity index (χ2v) is 11.2. The van der Waals surface area contributed by atoms with Gasteiger partial charge in [0.25, 0.3) is 0 Å². The molecule has 6 aromatic rings. The molecule has 6 aromatic carbocycles. The molecule has 0 saturated carbocycles. The van der Waals surface area contributed by atoms with E-state index in [1.807, 2.05) is 72.8 Å². The Morgan fingerprint density at radius 3 is 1.26 bits per heavy atom. The third-order valence-corrected chi connectivity index (χ3v) is 8.54. The van der Waals surface area contributed by atoms with Gasteiger partial charge < -0.3 is 31.2 Å². The van der Waals surface area contributed by atoms with Gasteiger partial charge in [0.2, 0.25) is 0 Å². The number of nitrogens with two attached hydrogens (primary N) is 2. The summed E-state index contributed by atoms with van der Waals surface area (Å²) in [5.41, 5.74) is 18.7. The first-order valence-electron chi connectivity index (χ1n) is 14.8. The zero-order valence-electron chi connectivity index (χ0n) is 25.1. The van der Waals surface area contributed by atoms with Gasteiger partial charge in [0, 0.05) is 34.4 Å². The van der Waals surface area contributed by atoms with E-state index in [1.54, 1.807) is 24.3 Å². The van der Waals surface area contributed by atoms with E-state index in [-0.39, 0.29) is 22.9 Å². The minimum atomic E-state index is -0.798. The molecule has 6 nitrogen and oxygen atoms in total. The second kappa shape index (κ2) is 11.3. The van der Waals surface area contributed by atoms with E-state index in [2.05, 4.69) is 24.0 Å². The van der Waals surface area contributed by atoms with Crippen LogP contribution < -0.4 is 20.9 Å². The zero-order chi connectivity index (χ0) is 32.7. The molecule has 0 aliphatic heterocycles. The van der Waals surface area contributed by atoms with E-state index < -0.39 is 5.41 Å². The summed E-state index contributed by atoms with van der Waals surface area (Å²) in [6.07, 6.45) is 12.2. The molecule has 1 aliphatic carbocycles. The SMILES string of the molecule is C#Cc1cccc2c1-c1c(C#C)cccc1C2(c1ccc(Oc2ccc(O)c(N)c2)cc1)c1ccc(Oc2ccc(O)c(N)c2)cc1. The average molecular weight is 613 g/mol. The van der Waals surface area contributed by atoms with Crippen molar-refractivity contribution in [1.82, 2.24) is 0 Å². The Kier molecular flexibility index (Phi) is 6.97. The van der Waals surface area contributed by atoms with Crippen LogP contribution in [-0.4, -0.2) is 10.2 Å². The van der Waals surface area contributed by atoms with Crippen molar-refractivity contribution >= 4 is 11.4 Å². The Balaban J connectivity index is 1.40.